The fourth-order valence-corrected chi connectivity index (χ4v) is 6.95. The lowest BCUT2D eigenvalue weighted by molar-refractivity contribution is -0.145. The van der Waals surface area contributed by atoms with Gasteiger partial charge in [-0.1, -0.05) is 104 Å². The average Bonchev–Trinajstić information content (AvgIpc) is 3.25. The second kappa shape index (κ2) is 41.4. The molecule has 0 heterocycles. The van der Waals surface area contributed by atoms with Gasteiger partial charge in [0.1, 0.15) is 24.8 Å². The molecule has 0 aliphatic heterocycles. The Bertz CT molecular complexity index is 1370. The topological polar surface area (TPSA) is 258 Å². The number of carbonyl (C=O) groups excluding carboxylic acids is 5. The van der Waals surface area contributed by atoms with Crippen LogP contribution in [0.3, 0.4) is 0 Å². The van der Waals surface area contributed by atoms with Crippen molar-refractivity contribution in [2.75, 3.05) is 65.9 Å². The summed E-state index contributed by atoms with van der Waals surface area (Å²) in [5.74, 6) is -5.72. The Kier molecular flexibility index (Phi) is 39.0. The van der Waals surface area contributed by atoms with Gasteiger partial charge in [0.25, 0.3) is 0 Å². The molecule has 0 unspecified atom stereocenters. The zero-order valence-electron chi connectivity index (χ0n) is 40.6. The lowest BCUT2D eigenvalue weighted by Gasteiger charge is -2.19. The molecule has 2 amide bonds. The minimum absolute atomic E-state index is 0. The molecular weight excluding hydrogens is 857 g/mol. The number of carbonyl (C=O) groups is 8. The fraction of sp³-hybridized carbons (Fsp3) is 0.837. The fourth-order valence-electron chi connectivity index (χ4n) is 6.95. The number of rotatable bonds is 48. The van der Waals surface area contributed by atoms with Crippen LogP contribution in [0.15, 0.2) is 0 Å². The van der Waals surface area contributed by atoms with Crippen molar-refractivity contribution in [1.82, 2.24) is 10.6 Å². The van der Waals surface area contributed by atoms with E-state index < -0.39 is 40.9 Å². The summed E-state index contributed by atoms with van der Waals surface area (Å²) < 4.78 is 21.5. The highest BCUT2D eigenvalue weighted by Crippen LogP contribution is 2.23. The van der Waals surface area contributed by atoms with Crippen molar-refractivity contribution in [2.45, 2.75) is 181 Å². The molecule has 0 bridgehead atoms. The van der Waals surface area contributed by atoms with E-state index in [1.54, 1.807) is 20.8 Å². The predicted molar refractivity (Wildman–Crippen MR) is 251 cm³/mol. The minimum atomic E-state index is -1.19. The summed E-state index contributed by atoms with van der Waals surface area (Å²) in [6.45, 7) is 6.80. The molecule has 0 aromatic carbocycles. The number of nitrogens with one attached hydrogen (secondary N) is 2. The molecule has 0 saturated heterocycles. The smallest absolute Gasteiger partial charge is 0.306 e. The van der Waals surface area contributed by atoms with Gasteiger partial charge in [0, 0.05) is 65.1 Å². The summed E-state index contributed by atoms with van der Waals surface area (Å²) in [6.07, 6.45) is 19.1. The standard InChI is InChI=1S/C49H86N2O15.H2/c1-49(2,3)43(54)36-39(47(59)60)21-18-19-27-50-44(55)26-25-40(48(61)62)35-42(53)37-65-33-32-64-30-28-51-45(56)38-66-34-31-63-29-20-23-41(52)22-16-14-12-10-8-6-4-5-7-9-11-13-15-17-24-46(57)58;/h39-40H,4-38H2,1-3H3,(H,50,55)(H,51,56)(H,57,58)(H,59,60)(H,61,62);1H/t39-,40-;/m1./s1. The van der Waals surface area contributed by atoms with Gasteiger partial charge in [-0.3, -0.25) is 38.4 Å². The van der Waals surface area contributed by atoms with Gasteiger partial charge < -0.3 is 44.9 Å². The first-order valence-electron chi connectivity index (χ1n) is 24.6. The third kappa shape index (κ3) is 40.5. The van der Waals surface area contributed by atoms with Crippen LogP contribution in [0.4, 0.5) is 0 Å². The summed E-state index contributed by atoms with van der Waals surface area (Å²) in [5.41, 5.74) is -0.618. The summed E-state index contributed by atoms with van der Waals surface area (Å²) in [5, 5.41) is 33.0. The Morgan fingerprint density at radius 1 is 0.439 bits per heavy atom. The Morgan fingerprint density at radius 2 is 0.909 bits per heavy atom. The molecule has 66 heavy (non-hydrogen) atoms. The van der Waals surface area contributed by atoms with Gasteiger partial charge in [0.15, 0.2) is 5.78 Å². The SMILES string of the molecule is CC(C)(C)C(=O)C[C@@H](CCCCNC(=O)CC[C@H](CC(=O)COCCOCCNC(=O)COCCOCCCC(=O)CCCCCCCCCCCCCCCCC(=O)O)C(=O)O)C(=O)O.[HH]. The zero-order valence-corrected chi connectivity index (χ0v) is 40.6. The van der Waals surface area contributed by atoms with Crippen LogP contribution in [0.1, 0.15) is 183 Å². The van der Waals surface area contributed by atoms with Gasteiger partial charge in [0.05, 0.1) is 44.9 Å². The third-order valence-electron chi connectivity index (χ3n) is 11.1. The van der Waals surface area contributed by atoms with Crippen LogP contribution in [-0.2, 0) is 57.3 Å². The molecule has 2 atom stereocenters. The van der Waals surface area contributed by atoms with Crippen LogP contribution in [0.2, 0.25) is 0 Å². The van der Waals surface area contributed by atoms with E-state index in [2.05, 4.69) is 10.6 Å². The molecule has 17 nitrogen and oxygen atoms in total. The second-order valence-corrected chi connectivity index (χ2v) is 18.2. The van der Waals surface area contributed by atoms with Crippen molar-refractivity contribution in [2.24, 2.45) is 17.3 Å². The Hall–Kier alpha value is -3.80. The molecule has 17 heteroatoms. The van der Waals surface area contributed by atoms with Crippen LogP contribution in [0, 0.1) is 17.3 Å². The maximum Gasteiger partial charge on any atom is 0.306 e. The summed E-state index contributed by atoms with van der Waals surface area (Å²) in [7, 11) is 0. The molecule has 0 fully saturated rings. The first-order chi connectivity index (χ1) is 31.5. The molecular formula is C49H88N2O15. The predicted octanol–water partition coefficient (Wildman–Crippen LogP) is 7.52. The highest BCUT2D eigenvalue weighted by Gasteiger charge is 2.28. The largest absolute Gasteiger partial charge is 0.481 e. The van der Waals surface area contributed by atoms with E-state index in [9.17, 15) is 48.6 Å². The zero-order chi connectivity index (χ0) is 49.3. The van der Waals surface area contributed by atoms with Gasteiger partial charge >= 0.3 is 17.9 Å². The quantitative estimate of drug-likeness (QED) is 0.0370. The Balaban J connectivity index is 0. The normalized spacial score (nSPS) is 12.3. The average molecular weight is 945 g/mol. The highest BCUT2D eigenvalue weighted by molar-refractivity contribution is 5.87. The van der Waals surface area contributed by atoms with E-state index in [0.717, 1.165) is 32.1 Å². The molecule has 5 N–H and O–H groups in total. The van der Waals surface area contributed by atoms with Gasteiger partial charge in [0.2, 0.25) is 11.8 Å². The monoisotopic (exact) mass is 945 g/mol. The number of unbranched alkanes of at least 4 members (excludes halogenated alkanes) is 14. The number of aliphatic carboxylic acids is 3. The molecule has 384 valence electrons. The lowest BCUT2D eigenvalue weighted by atomic mass is 9.84. The Labute approximate surface area is 395 Å². The number of carboxylic acid groups (broad SMARTS) is 3. The highest BCUT2D eigenvalue weighted by atomic mass is 16.5. The molecule has 0 aliphatic carbocycles. The van der Waals surface area contributed by atoms with Crippen molar-refractivity contribution in [3.8, 4) is 0 Å². The van der Waals surface area contributed by atoms with Crippen LogP contribution in [-0.4, -0.2) is 128 Å². The first kappa shape index (κ1) is 62.2. The van der Waals surface area contributed by atoms with E-state index in [1.807, 2.05) is 0 Å². The number of hydrogen-bond acceptors (Lipinski definition) is 12. The van der Waals surface area contributed by atoms with Gasteiger partial charge in [-0.25, -0.2) is 0 Å². The lowest BCUT2D eigenvalue weighted by Crippen LogP contribution is -2.31. The van der Waals surface area contributed by atoms with E-state index in [4.69, 9.17) is 24.1 Å². The molecule has 0 aliphatic rings. The van der Waals surface area contributed by atoms with Gasteiger partial charge in [-0.15, -0.1) is 0 Å². The molecule has 0 aromatic rings. The number of Topliss-reactive ketones (excluding diaryl/α,β-unsaturated/α-hetero) is 3. The summed E-state index contributed by atoms with van der Waals surface area (Å²) in [6, 6.07) is 0. The number of ketones is 3. The number of carboxylic acids is 3. The van der Waals surface area contributed by atoms with Gasteiger partial charge in [-0.05, 0) is 38.5 Å². The van der Waals surface area contributed by atoms with Crippen molar-refractivity contribution >= 4 is 47.1 Å². The minimum Gasteiger partial charge on any atom is -0.481 e. The van der Waals surface area contributed by atoms with Gasteiger partial charge in [-0.2, -0.15) is 0 Å². The van der Waals surface area contributed by atoms with Crippen LogP contribution < -0.4 is 10.6 Å². The third-order valence-corrected chi connectivity index (χ3v) is 11.1. The van der Waals surface area contributed by atoms with Crippen molar-refractivity contribution in [3.63, 3.8) is 0 Å². The summed E-state index contributed by atoms with van der Waals surface area (Å²) >= 11 is 0. The number of hydrogen-bond donors (Lipinski definition) is 5. The van der Waals surface area contributed by atoms with Crippen molar-refractivity contribution in [3.05, 3.63) is 0 Å². The number of amides is 2. The van der Waals surface area contributed by atoms with E-state index in [0.29, 0.717) is 51.7 Å². The molecule has 0 radical (unpaired) electrons. The Morgan fingerprint density at radius 3 is 1.45 bits per heavy atom. The first-order valence-corrected chi connectivity index (χ1v) is 24.6. The van der Waals surface area contributed by atoms with Crippen LogP contribution >= 0.6 is 0 Å². The molecule has 0 saturated carbocycles. The second-order valence-electron chi connectivity index (χ2n) is 18.2. The summed E-state index contributed by atoms with van der Waals surface area (Å²) in [4.78, 5) is 94.7. The van der Waals surface area contributed by atoms with Crippen LogP contribution in [0.25, 0.3) is 0 Å². The molecule has 0 rings (SSSR count). The van der Waals surface area contributed by atoms with Crippen molar-refractivity contribution < 1.29 is 74.0 Å². The number of ether oxygens (including phenoxy) is 4. The van der Waals surface area contributed by atoms with Crippen molar-refractivity contribution in [1.29, 1.82) is 0 Å². The maximum atomic E-state index is 12.3. The maximum absolute atomic E-state index is 12.3. The molecule has 0 aromatic heterocycles. The van der Waals surface area contributed by atoms with Crippen LogP contribution in [0.5, 0.6) is 0 Å². The van der Waals surface area contributed by atoms with E-state index in [1.165, 1.54) is 57.8 Å². The van der Waals surface area contributed by atoms with E-state index >= 15 is 0 Å². The van der Waals surface area contributed by atoms with E-state index in [-0.39, 0.29) is 110 Å². The molecule has 0 spiro atoms.